The number of hydrogen-bond donors (Lipinski definition) is 0. The summed E-state index contributed by atoms with van der Waals surface area (Å²) < 4.78 is 1.25. The predicted molar refractivity (Wildman–Crippen MR) is 115 cm³/mol. The van der Waals surface area contributed by atoms with E-state index in [0.717, 1.165) is 45.7 Å². The number of piperazine rings is 1. The van der Waals surface area contributed by atoms with Crippen LogP contribution in [0.25, 0.3) is 0 Å². The normalized spacial score (nSPS) is 15.6. The van der Waals surface area contributed by atoms with Gasteiger partial charge >= 0.3 is 0 Å². The molecule has 2 aromatic rings. The minimum atomic E-state index is 1.06. The highest BCUT2D eigenvalue weighted by atomic mass is 79.9. The molecule has 0 amide bonds. The lowest BCUT2D eigenvalue weighted by atomic mass is 10.1. The van der Waals surface area contributed by atoms with Crippen molar-refractivity contribution in [2.75, 3.05) is 51.7 Å². The van der Waals surface area contributed by atoms with E-state index in [9.17, 15) is 0 Å². The third-order valence-corrected chi connectivity index (χ3v) is 5.81. The van der Waals surface area contributed by atoms with Crippen molar-refractivity contribution in [3.05, 3.63) is 64.1 Å². The molecule has 1 aliphatic rings. The molecule has 3 nitrogen and oxygen atoms in total. The van der Waals surface area contributed by atoms with Crippen LogP contribution in [0, 0.1) is 0 Å². The third-order valence-electron chi connectivity index (χ3n) is 5.07. The molecule has 2 aromatic carbocycles. The van der Waals surface area contributed by atoms with Gasteiger partial charge in [-0.15, -0.1) is 0 Å². The summed E-state index contributed by atoms with van der Waals surface area (Å²) in [6.07, 6.45) is 2.33. The van der Waals surface area contributed by atoms with Crippen LogP contribution >= 0.6 is 15.9 Å². The van der Waals surface area contributed by atoms with Crippen LogP contribution in [0.5, 0.6) is 0 Å². The molecule has 1 heterocycles. The van der Waals surface area contributed by atoms with Crippen molar-refractivity contribution in [1.29, 1.82) is 0 Å². The van der Waals surface area contributed by atoms with E-state index in [1.807, 2.05) is 0 Å². The number of benzene rings is 2. The molecule has 0 spiro atoms. The second kappa shape index (κ2) is 9.54. The number of hydrogen-bond acceptors (Lipinski definition) is 3. The summed E-state index contributed by atoms with van der Waals surface area (Å²) in [5.41, 5.74) is 4.16. The molecule has 0 unspecified atom stereocenters. The maximum atomic E-state index is 3.79. The lowest BCUT2D eigenvalue weighted by Crippen LogP contribution is -2.45. The molecule has 4 heteroatoms. The summed E-state index contributed by atoms with van der Waals surface area (Å²) in [6.45, 7) is 6.63. The van der Waals surface area contributed by atoms with Crippen LogP contribution in [0.4, 0.5) is 5.69 Å². The van der Waals surface area contributed by atoms with Gasteiger partial charge in [0, 0.05) is 42.9 Å². The minimum Gasteiger partial charge on any atom is -0.369 e. The molecule has 0 radical (unpaired) electrons. The Labute approximate surface area is 166 Å². The second-order valence-corrected chi connectivity index (χ2v) is 8.29. The molecular formula is C22H30BrN3. The molecule has 0 N–H and O–H groups in total. The predicted octanol–water partition coefficient (Wildman–Crippen LogP) is 4.27. The van der Waals surface area contributed by atoms with E-state index in [-0.39, 0.29) is 0 Å². The average molecular weight is 416 g/mol. The smallest absolute Gasteiger partial charge is 0.0378 e. The molecule has 1 fully saturated rings. The van der Waals surface area contributed by atoms with E-state index >= 15 is 0 Å². The van der Waals surface area contributed by atoms with Gasteiger partial charge < -0.3 is 9.80 Å². The van der Waals surface area contributed by atoms with E-state index in [1.54, 1.807) is 0 Å². The fourth-order valence-corrected chi connectivity index (χ4v) is 4.09. The molecule has 140 valence electrons. The Hall–Kier alpha value is -1.36. The molecule has 26 heavy (non-hydrogen) atoms. The van der Waals surface area contributed by atoms with Crippen molar-refractivity contribution in [2.24, 2.45) is 0 Å². The molecular weight excluding hydrogens is 386 g/mol. The van der Waals surface area contributed by atoms with Gasteiger partial charge in [-0.2, -0.15) is 0 Å². The topological polar surface area (TPSA) is 9.72 Å². The molecule has 0 atom stereocenters. The van der Waals surface area contributed by atoms with Gasteiger partial charge in [-0.25, -0.2) is 0 Å². The van der Waals surface area contributed by atoms with Crippen LogP contribution in [-0.4, -0.2) is 56.6 Å². The molecule has 1 aliphatic heterocycles. The zero-order chi connectivity index (χ0) is 18.4. The van der Waals surface area contributed by atoms with Crippen LogP contribution in [0.15, 0.2) is 53.0 Å². The fraction of sp³-hybridized carbons (Fsp3) is 0.455. The van der Waals surface area contributed by atoms with Crippen molar-refractivity contribution in [3.8, 4) is 0 Å². The SMILES string of the molecule is CN(C)CCCc1ccc(N2CCN(Cc3ccccc3)CC2)cc1Br. The van der Waals surface area contributed by atoms with Crippen LogP contribution in [-0.2, 0) is 13.0 Å². The Kier molecular flexibility index (Phi) is 7.12. The highest BCUT2D eigenvalue weighted by Crippen LogP contribution is 2.26. The van der Waals surface area contributed by atoms with Gasteiger partial charge in [0.2, 0.25) is 0 Å². The summed E-state index contributed by atoms with van der Waals surface area (Å²) in [4.78, 5) is 7.31. The summed E-state index contributed by atoms with van der Waals surface area (Å²) in [6, 6.07) is 17.7. The zero-order valence-corrected chi connectivity index (χ0v) is 17.6. The fourth-order valence-electron chi connectivity index (χ4n) is 3.53. The van der Waals surface area contributed by atoms with Gasteiger partial charge in [-0.3, -0.25) is 4.90 Å². The van der Waals surface area contributed by atoms with E-state index < -0.39 is 0 Å². The van der Waals surface area contributed by atoms with Gasteiger partial charge in [-0.05, 0) is 56.7 Å². The summed E-state index contributed by atoms with van der Waals surface area (Å²) in [5.74, 6) is 0. The van der Waals surface area contributed by atoms with Crippen LogP contribution in [0.3, 0.4) is 0 Å². The quantitative estimate of drug-likeness (QED) is 0.668. The lowest BCUT2D eigenvalue weighted by Gasteiger charge is -2.36. The summed E-state index contributed by atoms with van der Waals surface area (Å²) >= 11 is 3.79. The molecule has 1 saturated heterocycles. The lowest BCUT2D eigenvalue weighted by molar-refractivity contribution is 0.250. The van der Waals surface area contributed by atoms with E-state index in [1.165, 1.54) is 27.7 Å². The average Bonchev–Trinajstić information content (AvgIpc) is 2.64. The van der Waals surface area contributed by atoms with Crippen molar-refractivity contribution in [3.63, 3.8) is 0 Å². The van der Waals surface area contributed by atoms with Gasteiger partial charge in [0.15, 0.2) is 0 Å². The van der Waals surface area contributed by atoms with Crippen LogP contribution in [0.1, 0.15) is 17.5 Å². The van der Waals surface area contributed by atoms with Crippen molar-refractivity contribution in [2.45, 2.75) is 19.4 Å². The Morgan fingerprint density at radius 1 is 0.962 bits per heavy atom. The summed E-state index contributed by atoms with van der Waals surface area (Å²) in [7, 11) is 4.27. The highest BCUT2D eigenvalue weighted by Gasteiger charge is 2.18. The van der Waals surface area contributed by atoms with Gasteiger partial charge in [-0.1, -0.05) is 52.3 Å². The van der Waals surface area contributed by atoms with Gasteiger partial charge in [0.25, 0.3) is 0 Å². The molecule has 0 saturated carbocycles. The number of halogens is 1. The number of anilines is 1. The van der Waals surface area contributed by atoms with E-state index in [2.05, 4.69) is 93.3 Å². The number of aryl methyl sites for hydroxylation is 1. The van der Waals surface area contributed by atoms with Crippen LogP contribution < -0.4 is 4.90 Å². The second-order valence-electron chi connectivity index (χ2n) is 7.43. The van der Waals surface area contributed by atoms with E-state index in [0.29, 0.717) is 0 Å². The molecule has 0 aliphatic carbocycles. The maximum absolute atomic E-state index is 3.79. The standard InChI is InChI=1S/C22H30BrN3/c1-24(2)12-6-9-20-10-11-21(17-22(20)23)26-15-13-25(14-16-26)18-19-7-4-3-5-8-19/h3-5,7-8,10-11,17H,6,9,12-16,18H2,1-2H3. The first-order valence-corrected chi connectivity index (χ1v) is 10.4. The van der Waals surface area contributed by atoms with Crippen molar-refractivity contribution >= 4 is 21.6 Å². The Morgan fingerprint density at radius 2 is 1.69 bits per heavy atom. The van der Waals surface area contributed by atoms with Crippen LogP contribution in [0.2, 0.25) is 0 Å². The monoisotopic (exact) mass is 415 g/mol. The van der Waals surface area contributed by atoms with Gasteiger partial charge in [0.1, 0.15) is 0 Å². The van der Waals surface area contributed by atoms with E-state index in [4.69, 9.17) is 0 Å². The molecule has 3 rings (SSSR count). The Morgan fingerprint density at radius 3 is 2.35 bits per heavy atom. The Bertz CT molecular complexity index is 679. The first kappa shape index (κ1) is 19.4. The molecule has 0 aromatic heterocycles. The third kappa shape index (κ3) is 5.57. The zero-order valence-electron chi connectivity index (χ0n) is 16.0. The highest BCUT2D eigenvalue weighted by molar-refractivity contribution is 9.10. The number of rotatable bonds is 7. The first-order valence-electron chi connectivity index (χ1n) is 9.56. The summed E-state index contributed by atoms with van der Waals surface area (Å²) in [5, 5.41) is 0. The number of nitrogens with zero attached hydrogens (tertiary/aromatic N) is 3. The first-order chi connectivity index (χ1) is 12.6. The minimum absolute atomic E-state index is 1.06. The Balaban J connectivity index is 1.51. The van der Waals surface area contributed by atoms with Gasteiger partial charge in [0.05, 0.1) is 0 Å². The maximum Gasteiger partial charge on any atom is 0.0378 e. The largest absolute Gasteiger partial charge is 0.369 e. The molecule has 0 bridgehead atoms. The van der Waals surface area contributed by atoms with Crippen molar-refractivity contribution < 1.29 is 0 Å². The van der Waals surface area contributed by atoms with Crippen molar-refractivity contribution in [1.82, 2.24) is 9.80 Å².